The molecule has 0 amide bonds. The zero-order valence-corrected chi connectivity index (χ0v) is 18.9. The number of carbonyl (C=O) groups excluding carboxylic acids is 1. The molecule has 0 atom stereocenters. The minimum atomic E-state index is -0.0986. The van der Waals surface area contributed by atoms with Gasteiger partial charge in [-0.2, -0.15) is 0 Å². The molecular formula is C27H32O4. The Bertz CT molecular complexity index is 921. The van der Waals surface area contributed by atoms with Crippen molar-refractivity contribution in [2.45, 2.75) is 46.3 Å². The first-order valence-corrected chi connectivity index (χ1v) is 10.5. The maximum atomic E-state index is 12.7. The molecule has 4 heteroatoms. The largest absolute Gasteiger partial charge is 0.491 e. The minimum absolute atomic E-state index is 0.0110. The molecule has 0 fully saturated rings. The van der Waals surface area contributed by atoms with E-state index in [1.165, 1.54) is 0 Å². The number of carbonyl (C=O) groups is 1. The van der Waals surface area contributed by atoms with Gasteiger partial charge in [0.25, 0.3) is 0 Å². The van der Waals surface area contributed by atoms with Gasteiger partial charge in [-0.1, -0.05) is 18.7 Å². The Morgan fingerprint density at radius 2 is 1.58 bits per heavy atom. The SMILES string of the molecule is C=CCOc1ccc(C(=O)C=Cc2cc(CC=C)c(OC(C)C)cc2OC(C)C)cc1. The molecule has 0 aliphatic carbocycles. The first-order chi connectivity index (χ1) is 14.8. The van der Waals surface area contributed by atoms with E-state index in [4.69, 9.17) is 14.2 Å². The van der Waals surface area contributed by atoms with Gasteiger partial charge in [0.1, 0.15) is 23.9 Å². The third kappa shape index (κ3) is 7.49. The molecule has 0 heterocycles. The van der Waals surface area contributed by atoms with E-state index in [1.54, 1.807) is 42.5 Å². The van der Waals surface area contributed by atoms with Gasteiger partial charge in [0, 0.05) is 17.2 Å². The maximum absolute atomic E-state index is 12.7. The normalized spacial score (nSPS) is 11.0. The van der Waals surface area contributed by atoms with Crippen LogP contribution in [0.3, 0.4) is 0 Å². The lowest BCUT2D eigenvalue weighted by molar-refractivity contribution is 0.104. The maximum Gasteiger partial charge on any atom is 0.185 e. The van der Waals surface area contributed by atoms with Gasteiger partial charge in [0.15, 0.2) is 5.78 Å². The second-order valence-electron chi connectivity index (χ2n) is 7.65. The van der Waals surface area contributed by atoms with Crippen molar-refractivity contribution < 1.29 is 19.0 Å². The molecule has 0 aliphatic rings. The predicted octanol–water partition coefficient (Wildman–Crippen LogP) is 6.45. The average molecular weight is 421 g/mol. The summed E-state index contributed by atoms with van der Waals surface area (Å²) in [5.41, 5.74) is 2.40. The van der Waals surface area contributed by atoms with E-state index in [2.05, 4.69) is 13.2 Å². The molecule has 0 saturated heterocycles. The van der Waals surface area contributed by atoms with Gasteiger partial charge in [0.2, 0.25) is 0 Å². The highest BCUT2D eigenvalue weighted by molar-refractivity contribution is 6.07. The van der Waals surface area contributed by atoms with Crippen LogP contribution in [0, 0.1) is 0 Å². The Balaban J connectivity index is 2.32. The first-order valence-electron chi connectivity index (χ1n) is 10.5. The van der Waals surface area contributed by atoms with Crippen LogP contribution in [0.5, 0.6) is 17.2 Å². The monoisotopic (exact) mass is 420 g/mol. The van der Waals surface area contributed by atoms with E-state index in [-0.39, 0.29) is 18.0 Å². The van der Waals surface area contributed by atoms with Gasteiger partial charge >= 0.3 is 0 Å². The molecule has 4 nitrogen and oxygen atoms in total. The van der Waals surface area contributed by atoms with Crippen LogP contribution >= 0.6 is 0 Å². The summed E-state index contributed by atoms with van der Waals surface area (Å²) in [5, 5.41) is 0. The Hall–Kier alpha value is -3.27. The van der Waals surface area contributed by atoms with Crippen molar-refractivity contribution >= 4 is 11.9 Å². The summed E-state index contributed by atoms with van der Waals surface area (Å²) < 4.78 is 17.4. The average Bonchev–Trinajstić information content (AvgIpc) is 2.72. The Morgan fingerprint density at radius 1 is 0.935 bits per heavy atom. The van der Waals surface area contributed by atoms with Crippen LogP contribution in [0.15, 0.2) is 67.8 Å². The van der Waals surface area contributed by atoms with E-state index >= 15 is 0 Å². The highest BCUT2D eigenvalue weighted by Crippen LogP contribution is 2.32. The highest BCUT2D eigenvalue weighted by Gasteiger charge is 2.13. The lowest BCUT2D eigenvalue weighted by Gasteiger charge is -2.19. The molecule has 0 spiro atoms. The molecule has 2 aromatic rings. The van der Waals surface area contributed by atoms with Crippen molar-refractivity contribution in [3.8, 4) is 17.2 Å². The third-order valence-electron chi connectivity index (χ3n) is 4.20. The molecule has 0 unspecified atom stereocenters. The summed E-state index contributed by atoms with van der Waals surface area (Å²) in [4.78, 5) is 12.7. The van der Waals surface area contributed by atoms with Gasteiger partial charge in [-0.3, -0.25) is 4.79 Å². The number of ketones is 1. The Morgan fingerprint density at radius 3 is 2.16 bits per heavy atom. The Labute approximate surface area is 185 Å². The topological polar surface area (TPSA) is 44.8 Å². The third-order valence-corrected chi connectivity index (χ3v) is 4.20. The molecule has 2 aromatic carbocycles. The van der Waals surface area contributed by atoms with Crippen molar-refractivity contribution in [3.63, 3.8) is 0 Å². The van der Waals surface area contributed by atoms with Gasteiger partial charge in [-0.05, 0) is 82.2 Å². The van der Waals surface area contributed by atoms with Crippen molar-refractivity contribution in [1.29, 1.82) is 0 Å². The molecule has 0 saturated carbocycles. The number of ether oxygens (including phenoxy) is 3. The number of allylic oxidation sites excluding steroid dienone is 2. The number of hydrogen-bond acceptors (Lipinski definition) is 4. The van der Waals surface area contributed by atoms with Crippen LogP contribution in [-0.4, -0.2) is 24.6 Å². The predicted molar refractivity (Wildman–Crippen MR) is 127 cm³/mol. The first kappa shape index (κ1) is 24.0. The smallest absolute Gasteiger partial charge is 0.185 e. The molecule has 31 heavy (non-hydrogen) atoms. The lowest BCUT2D eigenvalue weighted by atomic mass is 10.0. The van der Waals surface area contributed by atoms with Crippen molar-refractivity contribution in [2.75, 3.05) is 6.61 Å². The fourth-order valence-corrected chi connectivity index (χ4v) is 2.92. The van der Waals surface area contributed by atoms with Crippen LogP contribution in [0.4, 0.5) is 0 Å². The van der Waals surface area contributed by atoms with Crippen LogP contribution in [0.2, 0.25) is 0 Å². The standard InChI is InChI=1S/C27H32O4/c1-7-9-22-17-23(27(31-20(5)6)18-26(22)30-19(3)4)12-15-25(28)21-10-13-24(14-11-21)29-16-8-2/h7-8,10-15,17-20H,1-2,9,16H2,3-6H3. The number of hydrogen-bond donors (Lipinski definition) is 0. The molecule has 0 N–H and O–H groups in total. The summed E-state index contributed by atoms with van der Waals surface area (Å²) in [6.07, 6.45) is 7.54. The second kappa shape index (κ2) is 11.8. The number of rotatable bonds is 12. The van der Waals surface area contributed by atoms with Gasteiger partial charge < -0.3 is 14.2 Å². The van der Waals surface area contributed by atoms with Gasteiger partial charge in [0.05, 0.1) is 12.2 Å². The zero-order chi connectivity index (χ0) is 22.8. The molecule has 0 radical (unpaired) electrons. The van der Waals surface area contributed by atoms with E-state index in [0.29, 0.717) is 30.1 Å². The van der Waals surface area contributed by atoms with Crippen LogP contribution in [-0.2, 0) is 6.42 Å². The summed E-state index contributed by atoms with van der Waals surface area (Å²) in [7, 11) is 0. The molecule has 0 aromatic heterocycles. The fourth-order valence-electron chi connectivity index (χ4n) is 2.92. The summed E-state index contributed by atoms with van der Waals surface area (Å²) >= 11 is 0. The molecule has 2 rings (SSSR count). The van der Waals surface area contributed by atoms with E-state index in [9.17, 15) is 4.79 Å². The van der Waals surface area contributed by atoms with Crippen molar-refractivity contribution in [3.05, 3.63) is 84.5 Å². The van der Waals surface area contributed by atoms with Crippen LogP contribution < -0.4 is 14.2 Å². The van der Waals surface area contributed by atoms with E-state index < -0.39 is 0 Å². The van der Waals surface area contributed by atoms with Crippen LogP contribution in [0.25, 0.3) is 6.08 Å². The molecule has 0 bridgehead atoms. The summed E-state index contributed by atoms with van der Waals surface area (Å²) in [6, 6.07) is 10.9. The van der Waals surface area contributed by atoms with Crippen LogP contribution in [0.1, 0.15) is 49.2 Å². The molecule has 164 valence electrons. The minimum Gasteiger partial charge on any atom is -0.491 e. The lowest BCUT2D eigenvalue weighted by Crippen LogP contribution is -2.10. The van der Waals surface area contributed by atoms with Gasteiger partial charge in [-0.25, -0.2) is 0 Å². The van der Waals surface area contributed by atoms with E-state index in [0.717, 1.165) is 16.9 Å². The highest BCUT2D eigenvalue weighted by atomic mass is 16.5. The van der Waals surface area contributed by atoms with E-state index in [1.807, 2.05) is 45.9 Å². The quantitative estimate of drug-likeness (QED) is 0.225. The second-order valence-corrected chi connectivity index (χ2v) is 7.65. The summed E-state index contributed by atoms with van der Waals surface area (Å²) in [6.45, 7) is 15.8. The van der Waals surface area contributed by atoms with Crippen molar-refractivity contribution in [1.82, 2.24) is 0 Å². The van der Waals surface area contributed by atoms with Gasteiger partial charge in [-0.15, -0.1) is 6.58 Å². The van der Waals surface area contributed by atoms with Crippen molar-refractivity contribution in [2.24, 2.45) is 0 Å². The molecule has 0 aliphatic heterocycles. The summed E-state index contributed by atoms with van der Waals surface area (Å²) in [5.74, 6) is 2.04. The number of benzene rings is 2. The fraction of sp³-hybridized carbons (Fsp3) is 0.296. The molecular weight excluding hydrogens is 388 g/mol. The Kier molecular flexibility index (Phi) is 9.13. The zero-order valence-electron chi connectivity index (χ0n) is 18.9.